The first-order valence-corrected chi connectivity index (χ1v) is 7.77. The van der Waals surface area contributed by atoms with Crippen molar-refractivity contribution in [2.45, 2.75) is 13.8 Å². The predicted octanol–water partition coefficient (Wildman–Crippen LogP) is 4.49. The first kappa shape index (κ1) is 16.6. The second-order valence-corrected chi connectivity index (χ2v) is 5.47. The second-order valence-electron chi connectivity index (χ2n) is 4.65. The topological polar surface area (TPSA) is 45.2 Å². The van der Waals surface area contributed by atoms with Crippen LogP contribution in [0.15, 0.2) is 36.7 Å². The molecule has 1 aromatic heterocycles. The quantitative estimate of drug-likeness (QED) is 0.874. The molecule has 0 unspecified atom stereocenters. The van der Waals surface area contributed by atoms with Crippen LogP contribution in [0.1, 0.15) is 24.2 Å². The summed E-state index contributed by atoms with van der Waals surface area (Å²) in [5.74, 6) is -0.295. The molecule has 1 amide bonds. The Morgan fingerprint density at radius 1 is 1.18 bits per heavy atom. The Hall–Kier alpha value is -1.78. The van der Waals surface area contributed by atoms with E-state index in [1.54, 1.807) is 30.5 Å². The van der Waals surface area contributed by atoms with Crippen molar-refractivity contribution in [2.24, 2.45) is 0 Å². The van der Waals surface area contributed by atoms with E-state index in [9.17, 15) is 4.79 Å². The zero-order valence-electron chi connectivity index (χ0n) is 12.4. The molecule has 0 fully saturated rings. The van der Waals surface area contributed by atoms with Gasteiger partial charge in [-0.3, -0.25) is 9.78 Å². The Kier molecular flexibility index (Phi) is 5.63. The highest BCUT2D eigenvalue weighted by Gasteiger charge is 2.13. The second kappa shape index (κ2) is 7.47. The van der Waals surface area contributed by atoms with Crippen LogP contribution in [0, 0.1) is 0 Å². The molecule has 0 atom stereocenters. The fourth-order valence-corrected chi connectivity index (χ4v) is 2.61. The van der Waals surface area contributed by atoms with Gasteiger partial charge in [0.05, 0.1) is 33.2 Å². The van der Waals surface area contributed by atoms with Gasteiger partial charge in [-0.2, -0.15) is 0 Å². The third-order valence-electron chi connectivity index (χ3n) is 3.32. The summed E-state index contributed by atoms with van der Waals surface area (Å²) in [4.78, 5) is 18.6. The van der Waals surface area contributed by atoms with Gasteiger partial charge in [0, 0.05) is 19.3 Å². The van der Waals surface area contributed by atoms with E-state index >= 15 is 0 Å². The summed E-state index contributed by atoms with van der Waals surface area (Å²) in [6.07, 6.45) is 3.26. The lowest BCUT2D eigenvalue weighted by atomic mass is 10.2. The molecule has 2 rings (SSSR count). The number of halogens is 2. The van der Waals surface area contributed by atoms with Crippen LogP contribution in [0.5, 0.6) is 0 Å². The monoisotopic (exact) mass is 337 g/mol. The Morgan fingerprint density at radius 3 is 2.41 bits per heavy atom. The summed E-state index contributed by atoms with van der Waals surface area (Å²) in [5.41, 5.74) is 1.77. The number of carbonyl (C=O) groups excluding carboxylic acids is 1. The van der Waals surface area contributed by atoms with Crippen molar-refractivity contribution in [1.82, 2.24) is 4.98 Å². The minimum atomic E-state index is -0.295. The van der Waals surface area contributed by atoms with E-state index in [2.05, 4.69) is 29.0 Å². The normalized spacial score (nSPS) is 10.4. The molecule has 0 saturated heterocycles. The van der Waals surface area contributed by atoms with Gasteiger partial charge in [0.1, 0.15) is 0 Å². The van der Waals surface area contributed by atoms with Gasteiger partial charge in [-0.1, -0.05) is 29.3 Å². The van der Waals surface area contributed by atoms with Crippen LogP contribution in [0.3, 0.4) is 0 Å². The maximum Gasteiger partial charge on any atom is 0.257 e. The van der Waals surface area contributed by atoms with Gasteiger partial charge in [0.2, 0.25) is 0 Å². The first-order chi connectivity index (χ1) is 10.6. The fraction of sp³-hybridized carbons (Fsp3) is 0.250. The number of amides is 1. The summed E-state index contributed by atoms with van der Waals surface area (Å²) >= 11 is 12.1. The van der Waals surface area contributed by atoms with Crippen LogP contribution in [0.4, 0.5) is 11.4 Å². The summed E-state index contributed by atoms with van der Waals surface area (Å²) < 4.78 is 0. The van der Waals surface area contributed by atoms with Crippen molar-refractivity contribution in [1.29, 1.82) is 0 Å². The van der Waals surface area contributed by atoms with Crippen LogP contribution in [0.2, 0.25) is 10.0 Å². The number of pyridine rings is 1. The van der Waals surface area contributed by atoms with Crippen LogP contribution < -0.4 is 10.2 Å². The number of para-hydroxylation sites is 1. The summed E-state index contributed by atoms with van der Waals surface area (Å²) in [6.45, 7) is 5.80. The molecule has 2 aromatic rings. The first-order valence-electron chi connectivity index (χ1n) is 7.02. The Bertz CT molecular complexity index is 652. The minimum Gasteiger partial charge on any atom is -0.371 e. The number of aromatic nitrogens is 1. The van der Waals surface area contributed by atoms with Crippen molar-refractivity contribution in [2.75, 3.05) is 23.3 Å². The average Bonchev–Trinajstić information content (AvgIpc) is 2.52. The number of carbonyl (C=O) groups is 1. The van der Waals surface area contributed by atoms with Crippen molar-refractivity contribution < 1.29 is 4.79 Å². The minimum absolute atomic E-state index is 0.295. The molecule has 22 heavy (non-hydrogen) atoms. The van der Waals surface area contributed by atoms with Crippen molar-refractivity contribution in [3.8, 4) is 0 Å². The Labute approximate surface area is 140 Å². The largest absolute Gasteiger partial charge is 0.371 e. The third kappa shape index (κ3) is 3.70. The van der Waals surface area contributed by atoms with Gasteiger partial charge in [-0.05, 0) is 32.0 Å². The Morgan fingerprint density at radius 2 is 1.82 bits per heavy atom. The third-order valence-corrected chi connectivity index (χ3v) is 3.95. The molecule has 0 saturated carbocycles. The zero-order chi connectivity index (χ0) is 16.1. The molecule has 4 nitrogen and oxygen atoms in total. The molecule has 0 aliphatic heterocycles. The van der Waals surface area contributed by atoms with E-state index < -0.39 is 0 Å². The molecule has 1 aromatic carbocycles. The molecule has 1 heterocycles. The van der Waals surface area contributed by atoms with E-state index in [1.807, 2.05) is 0 Å². The molecule has 0 bridgehead atoms. The van der Waals surface area contributed by atoms with Gasteiger partial charge < -0.3 is 10.2 Å². The van der Waals surface area contributed by atoms with Crippen molar-refractivity contribution >= 4 is 40.5 Å². The number of rotatable bonds is 5. The van der Waals surface area contributed by atoms with E-state index in [0.717, 1.165) is 18.8 Å². The molecule has 6 heteroatoms. The summed E-state index contributed by atoms with van der Waals surface area (Å²) in [5, 5.41) is 3.53. The van der Waals surface area contributed by atoms with E-state index in [4.69, 9.17) is 23.2 Å². The zero-order valence-corrected chi connectivity index (χ0v) is 13.9. The molecular formula is C16H17Cl2N3O. The van der Waals surface area contributed by atoms with Gasteiger partial charge in [0.15, 0.2) is 0 Å². The Balaban J connectivity index is 2.25. The molecule has 0 aliphatic carbocycles. The van der Waals surface area contributed by atoms with Crippen molar-refractivity contribution in [3.05, 3.63) is 52.3 Å². The number of hydrogen-bond donors (Lipinski definition) is 1. The van der Waals surface area contributed by atoms with Crippen molar-refractivity contribution in [3.63, 3.8) is 0 Å². The highest BCUT2D eigenvalue weighted by Crippen LogP contribution is 2.30. The number of hydrogen-bond acceptors (Lipinski definition) is 3. The van der Waals surface area contributed by atoms with E-state index in [-0.39, 0.29) is 5.91 Å². The number of anilines is 2. The maximum absolute atomic E-state index is 12.4. The molecule has 1 N–H and O–H groups in total. The predicted molar refractivity (Wildman–Crippen MR) is 92.2 cm³/mol. The summed E-state index contributed by atoms with van der Waals surface area (Å²) in [7, 11) is 0. The summed E-state index contributed by atoms with van der Waals surface area (Å²) in [6, 6.07) is 6.88. The fourth-order valence-electron chi connectivity index (χ4n) is 2.12. The number of nitrogens with one attached hydrogen (secondary N) is 1. The van der Waals surface area contributed by atoms with E-state index in [0.29, 0.717) is 21.3 Å². The van der Waals surface area contributed by atoms with Gasteiger partial charge in [-0.25, -0.2) is 0 Å². The lowest BCUT2D eigenvalue weighted by molar-refractivity contribution is 0.102. The molecule has 0 radical (unpaired) electrons. The SMILES string of the molecule is CCN(CC)c1cncc(C(=O)Nc2c(Cl)cccc2Cl)c1. The number of nitrogens with zero attached hydrogens (tertiary/aromatic N) is 2. The molecule has 116 valence electrons. The standard InChI is InChI=1S/C16H17Cl2N3O/c1-3-21(4-2)12-8-11(9-19-10-12)16(22)20-15-13(17)6-5-7-14(15)18/h5-10H,3-4H2,1-2H3,(H,20,22). The van der Waals surface area contributed by atoms with Crippen LogP contribution >= 0.6 is 23.2 Å². The van der Waals surface area contributed by atoms with Crippen LogP contribution in [-0.4, -0.2) is 24.0 Å². The van der Waals surface area contributed by atoms with Gasteiger partial charge in [-0.15, -0.1) is 0 Å². The number of benzene rings is 1. The molecular weight excluding hydrogens is 321 g/mol. The van der Waals surface area contributed by atoms with Crippen LogP contribution in [0.25, 0.3) is 0 Å². The maximum atomic E-state index is 12.4. The molecule has 0 aliphatic rings. The van der Waals surface area contributed by atoms with Gasteiger partial charge in [0.25, 0.3) is 5.91 Å². The van der Waals surface area contributed by atoms with E-state index in [1.165, 1.54) is 6.20 Å². The van der Waals surface area contributed by atoms with Gasteiger partial charge >= 0.3 is 0 Å². The molecule has 0 spiro atoms. The smallest absolute Gasteiger partial charge is 0.257 e. The van der Waals surface area contributed by atoms with Crippen LogP contribution in [-0.2, 0) is 0 Å². The average molecular weight is 338 g/mol. The highest BCUT2D eigenvalue weighted by molar-refractivity contribution is 6.40. The lowest BCUT2D eigenvalue weighted by Crippen LogP contribution is -2.22. The highest BCUT2D eigenvalue weighted by atomic mass is 35.5. The lowest BCUT2D eigenvalue weighted by Gasteiger charge is -2.20.